The van der Waals surface area contributed by atoms with Gasteiger partial charge in [0.15, 0.2) is 0 Å². The van der Waals surface area contributed by atoms with E-state index < -0.39 is 5.97 Å². The van der Waals surface area contributed by atoms with E-state index in [-0.39, 0.29) is 6.61 Å². The second-order valence-corrected chi connectivity index (χ2v) is 8.44. The van der Waals surface area contributed by atoms with E-state index in [1.165, 1.54) is 6.08 Å². The number of pyridine rings is 1. The van der Waals surface area contributed by atoms with Crippen LogP contribution in [0.5, 0.6) is 0 Å². The van der Waals surface area contributed by atoms with Crippen LogP contribution in [0, 0.1) is 6.92 Å². The number of carbonyl (C=O) groups is 1. The van der Waals surface area contributed by atoms with E-state index in [4.69, 9.17) is 10.5 Å². The van der Waals surface area contributed by atoms with Crippen molar-refractivity contribution >= 4 is 34.2 Å². The highest BCUT2D eigenvalue weighted by atomic mass is 16.5. The summed E-state index contributed by atoms with van der Waals surface area (Å²) in [4.78, 5) is 21.3. The molecule has 0 aliphatic rings. The van der Waals surface area contributed by atoms with Gasteiger partial charge in [-0.1, -0.05) is 42.5 Å². The number of esters is 1. The third-order valence-electron chi connectivity index (χ3n) is 6.01. The SMILES string of the molecule is CCOC(=O)/C=C(/Nc1c(-c2ccccc2)nn(C)c1N)c1ccc(-n2c(C)nc3cnccc32)cc1. The van der Waals surface area contributed by atoms with Crippen LogP contribution in [0.4, 0.5) is 11.5 Å². The fraction of sp³-hybridized carbons (Fsp3) is 0.143. The number of benzene rings is 2. The van der Waals surface area contributed by atoms with Crippen LogP contribution in [0.1, 0.15) is 18.3 Å². The Morgan fingerprint density at radius 3 is 2.59 bits per heavy atom. The molecule has 5 rings (SSSR count). The van der Waals surface area contributed by atoms with Crippen LogP contribution in [0.15, 0.2) is 79.1 Å². The number of carbonyl (C=O) groups excluding carboxylic acids is 1. The number of hydrogen-bond acceptors (Lipinski definition) is 7. The molecule has 0 aliphatic heterocycles. The number of aryl methyl sites for hydroxylation is 2. The fourth-order valence-corrected chi connectivity index (χ4v) is 4.25. The Morgan fingerprint density at radius 2 is 1.86 bits per heavy atom. The number of nitrogen functional groups attached to an aromatic ring is 1. The highest BCUT2D eigenvalue weighted by Gasteiger charge is 2.18. The maximum Gasteiger partial charge on any atom is 0.332 e. The molecule has 9 heteroatoms. The lowest BCUT2D eigenvalue weighted by Gasteiger charge is -2.14. The highest BCUT2D eigenvalue weighted by molar-refractivity contribution is 5.97. The first-order valence-electron chi connectivity index (χ1n) is 11.9. The Labute approximate surface area is 214 Å². The van der Waals surface area contributed by atoms with Gasteiger partial charge in [0.25, 0.3) is 0 Å². The molecule has 37 heavy (non-hydrogen) atoms. The maximum absolute atomic E-state index is 12.5. The minimum Gasteiger partial charge on any atom is -0.463 e. The lowest BCUT2D eigenvalue weighted by atomic mass is 10.1. The molecule has 5 aromatic rings. The fourth-order valence-electron chi connectivity index (χ4n) is 4.25. The lowest BCUT2D eigenvalue weighted by Crippen LogP contribution is -2.08. The van der Waals surface area contributed by atoms with Crippen molar-refractivity contribution in [2.45, 2.75) is 13.8 Å². The van der Waals surface area contributed by atoms with E-state index in [2.05, 4.69) is 25.0 Å². The van der Waals surface area contributed by atoms with Crippen molar-refractivity contribution in [3.8, 4) is 16.9 Å². The number of ether oxygens (including phenoxy) is 1. The lowest BCUT2D eigenvalue weighted by molar-refractivity contribution is -0.137. The number of fused-ring (bicyclic) bond motifs is 1. The number of nitrogens with two attached hydrogens (primary N) is 1. The number of aromatic nitrogens is 5. The Balaban J connectivity index is 1.55. The molecule has 0 aliphatic carbocycles. The van der Waals surface area contributed by atoms with E-state index in [1.54, 1.807) is 31.0 Å². The Morgan fingerprint density at radius 1 is 1.11 bits per heavy atom. The highest BCUT2D eigenvalue weighted by Crippen LogP contribution is 2.34. The van der Waals surface area contributed by atoms with Gasteiger partial charge in [0.05, 0.1) is 24.0 Å². The molecule has 0 radical (unpaired) electrons. The molecule has 0 bridgehead atoms. The van der Waals surface area contributed by atoms with Crippen molar-refractivity contribution in [2.24, 2.45) is 7.05 Å². The van der Waals surface area contributed by atoms with E-state index in [0.29, 0.717) is 22.9 Å². The van der Waals surface area contributed by atoms with Crippen LogP contribution in [0.2, 0.25) is 0 Å². The molecule has 0 unspecified atom stereocenters. The van der Waals surface area contributed by atoms with Gasteiger partial charge in [-0.25, -0.2) is 9.78 Å². The Hall–Kier alpha value is -4.92. The van der Waals surface area contributed by atoms with Crippen molar-refractivity contribution in [3.63, 3.8) is 0 Å². The van der Waals surface area contributed by atoms with Crippen molar-refractivity contribution in [1.82, 2.24) is 24.3 Å². The van der Waals surface area contributed by atoms with Gasteiger partial charge in [0.2, 0.25) is 0 Å². The third kappa shape index (κ3) is 4.66. The standard InChI is InChI=1S/C28H27N7O2/c1-4-37-25(36)16-22(32-27-26(33-34(3)28(27)29)20-8-6-5-7-9-20)19-10-12-21(13-11-19)35-18(2)31-23-17-30-15-14-24(23)35/h5-17,32H,4,29H2,1-3H3/b22-16+. The zero-order valence-electron chi connectivity index (χ0n) is 20.8. The first-order valence-corrected chi connectivity index (χ1v) is 11.9. The summed E-state index contributed by atoms with van der Waals surface area (Å²) in [6.07, 6.45) is 4.93. The van der Waals surface area contributed by atoms with Crippen LogP contribution in [-0.2, 0) is 16.6 Å². The number of hydrogen-bond donors (Lipinski definition) is 2. The zero-order chi connectivity index (χ0) is 25.9. The van der Waals surface area contributed by atoms with E-state index >= 15 is 0 Å². The van der Waals surface area contributed by atoms with Crippen LogP contribution < -0.4 is 11.1 Å². The molecule has 3 N–H and O–H groups in total. The number of anilines is 2. The van der Waals surface area contributed by atoms with Gasteiger partial charge in [-0.15, -0.1) is 0 Å². The molecule has 0 amide bonds. The summed E-state index contributed by atoms with van der Waals surface area (Å²) in [6.45, 7) is 4.00. The molecule has 0 saturated carbocycles. The van der Waals surface area contributed by atoms with Gasteiger partial charge in [-0.05, 0) is 37.6 Å². The number of nitrogens with one attached hydrogen (secondary N) is 1. The third-order valence-corrected chi connectivity index (χ3v) is 6.01. The first-order chi connectivity index (χ1) is 18.0. The molecular formula is C28H27N7O2. The smallest absolute Gasteiger partial charge is 0.332 e. The van der Waals surface area contributed by atoms with Gasteiger partial charge in [0.1, 0.15) is 28.5 Å². The van der Waals surface area contributed by atoms with Gasteiger partial charge >= 0.3 is 5.97 Å². The number of imidazole rings is 1. The normalized spacial score (nSPS) is 11.6. The molecule has 3 heterocycles. The molecule has 186 valence electrons. The van der Waals surface area contributed by atoms with E-state index in [1.807, 2.05) is 67.6 Å². The van der Waals surface area contributed by atoms with Gasteiger partial charge in [-0.2, -0.15) is 5.10 Å². The quantitative estimate of drug-likeness (QED) is 0.249. The minimum atomic E-state index is -0.457. The molecule has 0 atom stereocenters. The average Bonchev–Trinajstić information content (AvgIpc) is 3.39. The number of rotatable bonds is 7. The molecule has 0 spiro atoms. The van der Waals surface area contributed by atoms with E-state index in [0.717, 1.165) is 33.7 Å². The van der Waals surface area contributed by atoms with Gasteiger partial charge < -0.3 is 15.8 Å². The summed E-state index contributed by atoms with van der Waals surface area (Å²) in [5.41, 5.74) is 12.6. The summed E-state index contributed by atoms with van der Waals surface area (Å²) >= 11 is 0. The predicted octanol–water partition coefficient (Wildman–Crippen LogP) is 4.73. The van der Waals surface area contributed by atoms with Crippen LogP contribution in [0.3, 0.4) is 0 Å². The first kappa shape index (κ1) is 23.8. The summed E-state index contributed by atoms with van der Waals surface area (Å²) < 4.78 is 8.88. The van der Waals surface area contributed by atoms with E-state index in [9.17, 15) is 4.79 Å². The molecule has 9 nitrogen and oxygen atoms in total. The number of nitrogens with zero attached hydrogens (tertiary/aromatic N) is 5. The minimum absolute atomic E-state index is 0.272. The predicted molar refractivity (Wildman–Crippen MR) is 145 cm³/mol. The maximum atomic E-state index is 12.5. The van der Waals surface area contributed by atoms with Crippen LogP contribution in [-0.4, -0.2) is 36.9 Å². The Bertz CT molecular complexity index is 1600. The molecular weight excluding hydrogens is 466 g/mol. The van der Waals surface area contributed by atoms with Gasteiger partial charge in [-0.3, -0.25) is 14.2 Å². The summed E-state index contributed by atoms with van der Waals surface area (Å²) in [6, 6.07) is 19.5. The zero-order valence-corrected chi connectivity index (χ0v) is 20.8. The van der Waals surface area contributed by atoms with Crippen molar-refractivity contribution in [1.29, 1.82) is 0 Å². The summed E-state index contributed by atoms with van der Waals surface area (Å²) in [7, 11) is 1.78. The monoisotopic (exact) mass is 493 g/mol. The second-order valence-electron chi connectivity index (χ2n) is 8.44. The van der Waals surface area contributed by atoms with Crippen molar-refractivity contribution < 1.29 is 9.53 Å². The molecule has 0 fully saturated rings. The largest absolute Gasteiger partial charge is 0.463 e. The van der Waals surface area contributed by atoms with Crippen molar-refractivity contribution in [3.05, 3.63) is 90.5 Å². The summed E-state index contributed by atoms with van der Waals surface area (Å²) in [5, 5.41) is 7.96. The van der Waals surface area contributed by atoms with Crippen LogP contribution in [0.25, 0.3) is 33.7 Å². The molecule has 2 aromatic carbocycles. The average molecular weight is 494 g/mol. The molecule has 0 saturated heterocycles. The van der Waals surface area contributed by atoms with Crippen LogP contribution >= 0.6 is 0 Å². The topological polar surface area (TPSA) is 113 Å². The van der Waals surface area contributed by atoms with Gasteiger partial charge in [0, 0.05) is 30.6 Å². The Kier molecular flexibility index (Phi) is 6.42. The molecule has 3 aromatic heterocycles. The second kappa shape index (κ2) is 9.98. The van der Waals surface area contributed by atoms with Crippen molar-refractivity contribution in [2.75, 3.05) is 17.7 Å². The summed E-state index contributed by atoms with van der Waals surface area (Å²) in [5.74, 6) is 0.841.